The number of hydrogen-bond acceptors (Lipinski definition) is 3. The molecule has 3 rings (SSSR count). The molecule has 0 amide bonds. The van der Waals surface area contributed by atoms with Gasteiger partial charge >= 0.3 is 0 Å². The van der Waals surface area contributed by atoms with Crippen LogP contribution in [-0.2, 0) is 0 Å². The van der Waals surface area contributed by atoms with E-state index in [1.807, 2.05) is 6.20 Å². The first-order valence-corrected chi connectivity index (χ1v) is 8.15. The largest absolute Gasteiger partial charge is 0.382 e. The normalized spacial score (nSPS) is 16.2. The molecule has 3 nitrogen and oxygen atoms in total. The van der Waals surface area contributed by atoms with Gasteiger partial charge in [0.25, 0.3) is 0 Å². The first kappa shape index (κ1) is 14.2. The van der Waals surface area contributed by atoms with Gasteiger partial charge in [-0.2, -0.15) is 0 Å². The molecule has 1 fully saturated rings. The summed E-state index contributed by atoms with van der Waals surface area (Å²) in [5, 5.41) is 6.12. The van der Waals surface area contributed by atoms with Crippen molar-refractivity contribution in [1.29, 1.82) is 0 Å². The Morgan fingerprint density at radius 1 is 1.05 bits per heavy atom. The standard InChI is InChI=1S/C18H25N3/c1-14(2)20-16-9-7-8-15-10-11-19-18(17(15)16)21-12-5-3-4-6-13-21/h7-11,14,20H,3-6,12-13H2,1-2H3. The number of nitrogens with one attached hydrogen (secondary N) is 1. The summed E-state index contributed by atoms with van der Waals surface area (Å²) < 4.78 is 0. The van der Waals surface area contributed by atoms with Gasteiger partial charge in [-0.05, 0) is 44.2 Å². The summed E-state index contributed by atoms with van der Waals surface area (Å²) in [6, 6.07) is 9.02. The van der Waals surface area contributed by atoms with Crippen molar-refractivity contribution in [2.24, 2.45) is 0 Å². The lowest BCUT2D eigenvalue weighted by atomic mass is 10.1. The van der Waals surface area contributed by atoms with E-state index in [0.29, 0.717) is 6.04 Å². The summed E-state index contributed by atoms with van der Waals surface area (Å²) in [4.78, 5) is 7.20. The van der Waals surface area contributed by atoms with Gasteiger partial charge in [-0.1, -0.05) is 25.0 Å². The lowest BCUT2D eigenvalue weighted by molar-refractivity contribution is 0.726. The van der Waals surface area contributed by atoms with E-state index < -0.39 is 0 Å². The number of pyridine rings is 1. The topological polar surface area (TPSA) is 28.2 Å². The molecule has 2 aromatic rings. The fraction of sp³-hybridized carbons (Fsp3) is 0.500. The highest BCUT2D eigenvalue weighted by Gasteiger charge is 2.16. The predicted molar refractivity (Wildman–Crippen MR) is 91.2 cm³/mol. The Hall–Kier alpha value is -1.77. The number of benzene rings is 1. The van der Waals surface area contributed by atoms with Crippen molar-refractivity contribution in [2.75, 3.05) is 23.3 Å². The predicted octanol–water partition coefficient (Wildman–Crippen LogP) is 4.44. The summed E-state index contributed by atoms with van der Waals surface area (Å²) in [6.07, 6.45) is 7.19. The average Bonchev–Trinajstić information content (AvgIpc) is 2.75. The van der Waals surface area contributed by atoms with Crippen molar-refractivity contribution >= 4 is 22.3 Å². The summed E-state index contributed by atoms with van der Waals surface area (Å²) >= 11 is 0. The van der Waals surface area contributed by atoms with Gasteiger partial charge in [-0.25, -0.2) is 4.98 Å². The van der Waals surface area contributed by atoms with E-state index in [-0.39, 0.29) is 0 Å². The van der Waals surface area contributed by atoms with E-state index in [0.717, 1.165) is 18.9 Å². The third-order valence-corrected chi connectivity index (χ3v) is 4.12. The molecule has 0 aliphatic carbocycles. The van der Waals surface area contributed by atoms with Crippen LogP contribution in [0.25, 0.3) is 10.8 Å². The minimum Gasteiger partial charge on any atom is -0.382 e. The van der Waals surface area contributed by atoms with Crippen molar-refractivity contribution in [1.82, 2.24) is 4.98 Å². The van der Waals surface area contributed by atoms with E-state index in [1.54, 1.807) is 0 Å². The molecule has 0 unspecified atom stereocenters. The van der Waals surface area contributed by atoms with Gasteiger partial charge in [-0.3, -0.25) is 0 Å². The molecule has 0 atom stereocenters. The molecule has 0 saturated carbocycles. The van der Waals surface area contributed by atoms with Gasteiger partial charge in [0.05, 0.1) is 0 Å². The van der Waals surface area contributed by atoms with Crippen LogP contribution in [0, 0.1) is 0 Å². The number of fused-ring (bicyclic) bond motifs is 1. The third-order valence-electron chi connectivity index (χ3n) is 4.12. The Labute approximate surface area is 127 Å². The summed E-state index contributed by atoms with van der Waals surface area (Å²) in [5.41, 5.74) is 1.20. The van der Waals surface area contributed by atoms with Crippen LogP contribution in [0.2, 0.25) is 0 Å². The Morgan fingerprint density at radius 2 is 1.81 bits per heavy atom. The summed E-state index contributed by atoms with van der Waals surface area (Å²) in [6.45, 7) is 6.62. The maximum absolute atomic E-state index is 4.73. The van der Waals surface area contributed by atoms with Crippen molar-refractivity contribution < 1.29 is 0 Å². The smallest absolute Gasteiger partial charge is 0.138 e. The van der Waals surface area contributed by atoms with Gasteiger partial charge in [0.1, 0.15) is 5.82 Å². The second kappa shape index (κ2) is 6.33. The molecule has 1 N–H and O–H groups in total. The lowest BCUT2D eigenvalue weighted by Crippen LogP contribution is -2.25. The Kier molecular flexibility index (Phi) is 4.28. The van der Waals surface area contributed by atoms with Gasteiger partial charge in [0.2, 0.25) is 0 Å². The number of anilines is 2. The molecule has 1 aliphatic heterocycles. The third kappa shape index (κ3) is 3.12. The van der Waals surface area contributed by atoms with Crippen LogP contribution in [-0.4, -0.2) is 24.1 Å². The molecule has 1 saturated heterocycles. The van der Waals surface area contributed by atoms with E-state index in [4.69, 9.17) is 4.98 Å². The maximum Gasteiger partial charge on any atom is 0.138 e. The van der Waals surface area contributed by atoms with Crippen molar-refractivity contribution in [3.63, 3.8) is 0 Å². The number of aromatic nitrogens is 1. The SMILES string of the molecule is CC(C)Nc1cccc2ccnc(N3CCCCCC3)c12. The van der Waals surface area contributed by atoms with Crippen molar-refractivity contribution in [3.05, 3.63) is 30.5 Å². The Morgan fingerprint density at radius 3 is 2.52 bits per heavy atom. The van der Waals surface area contributed by atoms with Crippen LogP contribution in [0.15, 0.2) is 30.5 Å². The van der Waals surface area contributed by atoms with E-state index >= 15 is 0 Å². The van der Waals surface area contributed by atoms with E-state index in [2.05, 4.69) is 48.3 Å². The average molecular weight is 283 g/mol. The zero-order chi connectivity index (χ0) is 14.7. The molecular weight excluding hydrogens is 258 g/mol. The molecule has 1 aromatic carbocycles. The molecule has 1 aliphatic rings. The quantitative estimate of drug-likeness (QED) is 0.903. The minimum absolute atomic E-state index is 0.424. The van der Waals surface area contributed by atoms with Crippen LogP contribution in [0.5, 0.6) is 0 Å². The molecule has 0 bridgehead atoms. The molecule has 21 heavy (non-hydrogen) atoms. The zero-order valence-corrected chi connectivity index (χ0v) is 13.1. The first-order valence-electron chi connectivity index (χ1n) is 8.15. The van der Waals surface area contributed by atoms with Crippen LogP contribution in [0.3, 0.4) is 0 Å². The fourth-order valence-electron chi connectivity index (χ4n) is 3.16. The van der Waals surface area contributed by atoms with Gasteiger partial charge in [0, 0.05) is 36.4 Å². The van der Waals surface area contributed by atoms with E-state index in [9.17, 15) is 0 Å². The number of rotatable bonds is 3. The summed E-state index contributed by atoms with van der Waals surface area (Å²) in [5.74, 6) is 1.15. The fourth-order valence-corrected chi connectivity index (χ4v) is 3.16. The highest BCUT2D eigenvalue weighted by molar-refractivity contribution is 6.01. The van der Waals surface area contributed by atoms with Crippen LogP contribution < -0.4 is 10.2 Å². The molecule has 1 aromatic heterocycles. The molecule has 112 valence electrons. The monoisotopic (exact) mass is 283 g/mol. The number of nitrogens with zero attached hydrogens (tertiary/aromatic N) is 2. The second-order valence-electron chi connectivity index (χ2n) is 6.24. The van der Waals surface area contributed by atoms with E-state index in [1.165, 1.54) is 42.1 Å². The minimum atomic E-state index is 0.424. The Balaban J connectivity index is 2.08. The van der Waals surface area contributed by atoms with Crippen molar-refractivity contribution in [3.8, 4) is 0 Å². The van der Waals surface area contributed by atoms with Crippen molar-refractivity contribution in [2.45, 2.75) is 45.6 Å². The van der Waals surface area contributed by atoms with Crippen LogP contribution in [0.1, 0.15) is 39.5 Å². The van der Waals surface area contributed by atoms with Gasteiger partial charge in [-0.15, -0.1) is 0 Å². The molecule has 0 spiro atoms. The molecule has 2 heterocycles. The highest BCUT2D eigenvalue weighted by atomic mass is 15.2. The molecule has 3 heteroatoms. The lowest BCUT2D eigenvalue weighted by Gasteiger charge is -2.24. The summed E-state index contributed by atoms with van der Waals surface area (Å²) in [7, 11) is 0. The second-order valence-corrected chi connectivity index (χ2v) is 6.24. The maximum atomic E-state index is 4.73. The first-order chi connectivity index (χ1) is 10.3. The van der Waals surface area contributed by atoms with Gasteiger partial charge < -0.3 is 10.2 Å². The Bertz CT molecular complexity index is 593. The molecule has 0 radical (unpaired) electrons. The van der Waals surface area contributed by atoms with Crippen LogP contribution >= 0.6 is 0 Å². The number of hydrogen-bond donors (Lipinski definition) is 1. The zero-order valence-electron chi connectivity index (χ0n) is 13.1. The molecular formula is C18H25N3. The van der Waals surface area contributed by atoms with Gasteiger partial charge in [0.15, 0.2) is 0 Å². The van der Waals surface area contributed by atoms with Crippen LogP contribution in [0.4, 0.5) is 11.5 Å². The highest BCUT2D eigenvalue weighted by Crippen LogP contribution is 2.32.